The Labute approximate surface area is 160 Å². The number of carbonyl (C=O) groups is 1. The van der Waals surface area contributed by atoms with E-state index in [1.807, 2.05) is 26.8 Å². The summed E-state index contributed by atoms with van der Waals surface area (Å²) in [7, 11) is 0. The van der Waals surface area contributed by atoms with Crippen molar-refractivity contribution in [2.75, 3.05) is 5.75 Å². The lowest BCUT2D eigenvalue weighted by Crippen LogP contribution is -2.05. The van der Waals surface area contributed by atoms with Gasteiger partial charge in [-0.2, -0.15) is 0 Å². The molecule has 0 unspecified atom stereocenters. The molecular formula is C18H20N4O2S2. The van der Waals surface area contributed by atoms with Crippen LogP contribution in [-0.2, 0) is 0 Å². The fourth-order valence-electron chi connectivity index (χ4n) is 3.25. The highest BCUT2D eigenvalue weighted by molar-refractivity contribution is 7.99. The molecule has 1 aliphatic carbocycles. The van der Waals surface area contributed by atoms with Crippen LogP contribution >= 0.6 is 23.1 Å². The van der Waals surface area contributed by atoms with Crippen molar-refractivity contribution < 1.29 is 9.21 Å². The fraction of sp³-hybridized carbons (Fsp3) is 0.444. The zero-order valence-corrected chi connectivity index (χ0v) is 16.8. The smallest absolute Gasteiger partial charge is 0.277 e. The van der Waals surface area contributed by atoms with Crippen LogP contribution in [0.3, 0.4) is 0 Å². The van der Waals surface area contributed by atoms with E-state index in [1.165, 1.54) is 35.9 Å². The van der Waals surface area contributed by atoms with E-state index in [1.54, 1.807) is 0 Å². The van der Waals surface area contributed by atoms with Gasteiger partial charge in [0.25, 0.3) is 11.1 Å². The minimum Gasteiger partial charge on any atom is -0.410 e. The fourth-order valence-corrected chi connectivity index (χ4v) is 4.74. The maximum absolute atomic E-state index is 12.6. The van der Waals surface area contributed by atoms with Gasteiger partial charge in [0.1, 0.15) is 4.88 Å². The van der Waals surface area contributed by atoms with E-state index in [0.717, 1.165) is 32.5 Å². The normalized spacial score (nSPS) is 14.2. The molecule has 0 bridgehead atoms. The minimum atomic E-state index is 0.0968. The minimum absolute atomic E-state index is 0.0968. The molecule has 0 N–H and O–H groups in total. The van der Waals surface area contributed by atoms with Crippen molar-refractivity contribution in [2.45, 2.75) is 51.8 Å². The van der Waals surface area contributed by atoms with Gasteiger partial charge in [-0.25, -0.2) is 4.98 Å². The zero-order valence-electron chi connectivity index (χ0n) is 15.2. The van der Waals surface area contributed by atoms with Gasteiger partial charge in [-0.15, -0.1) is 21.5 Å². The van der Waals surface area contributed by atoms with Gasteiger partial charge >= 0.3 is 0 Å². The number of aromatic nitrogens is 4. The number of hydrogen-bond donors (Lipinski definition) is 0. The van der Waals surface area contributed by atoms with Crippen LogP contribution in [0.2, 0.25) is 0 Å². The number of rotatable bonds is 6. The van der Waals surface area contributed by atoms with Gasteiger partial charge in [0, 0.05) is 23.0 Å². The molecule has 8 heteroatoms. The topological polar surface area (TPSA) is 73.8 Å². The van der Waals surface area contributed by atoms with Gasteiger partial charge in [-0.3, -0.25) is 4.79 Å². The number of thiazole rings is 1. The molecule has 1 saturated carbocycles. The highest BCUT2D eigenvalue weighted by Gasteiger charge is 2.28. The summed E-state index contributed by atoms with van der Waals surface area (Å²) in [6.45, 7) is 7.97. The predicted molar refractivity (Wildman–Crippen MR) is 102 cm³/mol. The summed E-state index contributed by atoms with van der Waals surface area (Å²) >= 11 is 2.82. The van der Waals surface area contributed by atoms with Gasteiger partial charge in [-0.05, 0) is 46.6 Å². The van der Waals surface area contributed by atoms with Crippen LogP contribution in [0, 0.1) is 27.7 Å². The van der Waals surface area contributed by atoms with E-state index in [-0.39, 0.29) is 11.5 Å². The molecule has 3 aromatic heterocycles. The zero-order chi connectivity index (χ0) is 18.4. The molecule has 0 radical (unpaired) electrons. The Morgan fingerprint density at radius 2 is 2.08 bits per heavy atom. The number of ketones is 1. The first kappa shape index (κ1) is 17.5. The van der Waals surface area contributed by atoms with Crippen LogP contribution in [-0.4, -0.2) is 31.3 Å². The lowest BCUT2D eigenvalue weighted by Gasteiger charge is -2.07. The second-order valence-corrected chi connectivity index (χ2v) is 8.75. The molecule has 136 valence electrons. The van der Waals surface area contributed by atoms with Crippen LogP contribution in [0.5, 0.6) is 0 Å². The largest absolute Gasteiger partial charge is 0.410 e. The molecule has 6 nitrogen and oxygen atoms in total. The first-order chi connectivity index (χ1) is 12.4. The Balaban J connectivity index is 1.45. The van der Waals surface area contributed by atoms with Crippen LogP contribution < -0.4 is 0 Å². The molecule has 1 fully saturated rings. The molecule has 1 aliphatic rings. The molecule has 0 aromatic carbocycles. The number of hydrogen-bond acceptors (Lipinski definition) is 7. The summed E-state index contributed by atoms with van der Waals surface area (Å²) in [6.07, 6.45) is 2.42. The Kier molecular flexibility index (Phi) is 4.48. The second-order valence-electron chi connectivity index (χ2n) is 6.62. The quantitative estimate of drug-likeness (QED) is 0.456. The summed E-state index contributed by atoms with van der Waals surface area (Å²) in [4.78, 5) is 17.9. The Bertz CT molecular complexity index is 982. The Morgan fingerprint density at radius 1 is 1.31 bits per heavy atom. The Morgan fingerprint density at radius 3 is 2.73 bits per heavy atom. The van der Waals surface area contributed by atoms with Crippen LogP contribution in [0.15, 0.2) is 15.7 Å². The molecule has 0 atom stereocenters. The van der Waals surface area contributed by atoms with Crippen molar-refractivity contribution in [3.63, 3.8) is 0 Å². The van der Waals surface area contributed by atoms with E-state index in [0.29, 0.717) is 17.2 Å². The summed E-state index contributed by atoms with van der Waals surface area (Å²) < 4.78 is 8.00. The third-order valence-corrected chi connectivity index (χ3v) is 6.41. The molecular weight excluding hydrogens is 368 g/mol. The van der Waals surface area contributed by atoms with Crippen molar-refractivity contribution in [3.8, 4) is 10.8 Å². The predicted octanol–water partition coefficient (Wildman–Crippen LogP) is 4.54. The van der Waals surface area contributed by atoms with Crippen molar-refractivity contribution in [2.24, 2.45) is 0 Å². The standard InChI is InChI=1S/C18H20N4O2S2/c1-9-7-14(11(3)22(9)13-5-6-13)15(23)8-25-18-21-20-17(24-18)16-10(2)19-12(4)26-16/h7,13H,5-6,8H2,1-4H3. The average molecular weight is 389 g/mol. The molecule has 4 rings (SSSR count). The molecule has 0 saturated heterocycles. The van der Waals surface area contributed by atoms with Gasteiger partial charge in [0.2, 0.25) is 0 Å². The van der Waals surface area contributed by atoms with Gasteiger partial charge in [0.15, 0.2) is 5.78 Å². The number of Topliss-reactive ketones (excluding diaryl/α,β-unsaturated/α-hetero) is 1. The highest BCUT2D eigenvalue weighted by Crippen LogP contribution is 2.38. The summed E-state index contributed by atoms with van der Waals surface area (Å²) in [5, 5.41) is 9.53. The molecule has 3 aromatic rings. The molecule has 0 aliphatic heterocycles. The third kappa shape index (κ3) is 3.23. The van der Waals surface area contributed by atoms with Crippen molar-refractivity contribution in [3.05, 3.63) is 33.7 Å². The molecule has 0 spiro atoms. The number of aryl methyl sites for hydroxylation is 3. The SMILES string of the molecule is Cc1nc(C)c(-c2nnc(SCC(=O)c3cc(C)n(C4CC4)c3C)o2)s1. The number of nitrogens with zero attached hydrogens (tertiary/aromatic N) is 4. The van der Waals surface area contributed by atoms with E-state index in [4.69, 9.17) is 4.42 Å². The van der Waals surface area contributed by atoms with E-state index in [2.05, 4.69) is 26.7 Å². The molecule has 26 heavy (non-hydrogen) atoms. The second kappa shape index (κ2) is 6.66. The maximum Gasteiger partial charge on any atom is 0.277 e. The molecule has 3 heterocycles. The molecule has 0 amide bonds. The summed E-state index contributed by atoms with van der Waals surface area (Å²) in [6, 6.07) is 2.58. The first-order valence-electron chi connectivity index (χ1n) is 8.56. The van der Waals surface area contributed by atoms with Crippen LogP contribution in [0.4, 0.5) is 0 Å². The van der Waals surface area contributed by atoms with Crippen LogP contribution in [0.25, 0.3) is 10.8 Å². The van der Waals surface area contributed by atoms with E-state index < -0.39 is 0 Å². The van der Waals surface area contributed by atoms with E-state index in [9.17, 15) is 4.79 Å². The van der Waals surface area contributed by atoms with Crippen LogP contribution in [0.1, 0.15) is 51.3 Å². The third-order valence-electron chi connectivity index (χ3n) is 4.53. The number of thioether (sulfide) groups is 1. The van der Waals surface area contributed by atoms with Crippen molar-refractivity contribution >= 4 is 28.9 Å². The average Bonchev–Trinajstić information content (AvgIpc) is 3.08. The lowest BCUT2D eigenvalue weighted by atomic mass is 10.2. The highest BCUT2D eigenvalue weighted by atomic mass is 32.2. The summed E-state index contributed by atoms with van der Waals surface area (Å²) in [5.41, 5.74) is 3.92. The first-order valence-corrected chi connectivity index (χ1v) is 10.4. The Hall–Kier alpha value is -1.93. The summed E-state index contributed by atoms with van der Waals surface area (Å²) in [5.74, 6) is 0.853. The van der Waals surface area contributed by atoms with Gasteiger partial charge in [0.05, 0.1) is 16.5 Å². The lowest BCUT2D eigenvalue weighted by molar-refractivity contribution is 0.102. The maximum atomic E-state index is 12.6. The van der Waals surface area contributed by atoms with Crippen molar-refractivity contribution in [1.82, 2.24) is 19.7 Å². The number of carbonyl (C=O) groups excluding carboxylic acids is 1. The van der Waals surface area contributed by atoms with Crippen molar-refractivity contribution in [1.29, 1.82) is 0 Å². The van der Waals surface area contributed by atoms with E-state index >= 15 is 0 Å². The van der Waals surface area contributed by atoms with Gasteiger partial charge in [-0.1, -0.05) is 11.8 Å². The monoisotopic (exact) mass is 388 g/mol. The van der Waals surface area contributed by atoms with Gasteiger partial charge < -0.3 is 8.98 Å².